The first-order valence-electron chi connectivity index (χ1n) is 6.85. The molecular weight excluding hydrogens is 288 g/mol. The fourth-order valence-electron chi connectivity index (χ4n) is 3.15. The zero-order valence-electron chi connectivity index (χ0n) is 11.0. The summed E-state index contributed by atoms with van der Waals surface area (Å²) in [5, 5.41) is 0. The van der Waals surface area contributed by atoms with Gasteiger partial charge in [-0.15, -0.1) is 0 Å². The van der Waals surface area contributed by atoms with Crippen LogP contribution < -0.4 is 0 Å². The lowest BCUT2D eigenvalue weighted by Crippen LogP contribution is -2.15. The van der Waals surface area contributed by atoms with Gasteiger partial charge in [0.15, 0.2) is 0 Å². The Labute approximate surface area is 117 Å². The van der Waals surface area contributed by atoms with Gasteiger partial charge in [0.25, 0.3) is 0 Å². The molecule has 0 radical (unpaired) electrons. The van der Waals surface area contributed by atoms with Gasteiger partial charge < -0.3 is 4.40 Å². The minimum Gasteiger partial charge on any atom is -0.302 e. The van der Waals surface area contributed by atoms with Crippen molar-refractivity contribution in [3.05, 3.63) is 33.7 Å². The molecule has 1 aliphatic rings. The van der Waals surface area contributed by atoms with Crippen molar-refractivity contribution in [2.45, 2.75) is 46.0 Å². The van der Waals surface area contributed by atoms with Crippen LogP contribution in [0.4, 0.5) is 0 Å². The molecule has 0 fully saturated rings. The molecule has 1 atom stereocenters. The van der Waals surface area contributed by atoms with Gasteiger partial charge in [0.1, 0.15) is 5.65 Å². The number of nitrogens with zero attached hydrogens (tertiary/aromatic N) is 2. The van der Waals surface area contributed by atoms with E-state index in [-0.39, 0.29) is 0 Å². The predicted molar refractivity (Wildman–Crippen MR) is 78.1 cm³/mol. The molecule has 2 nitrogen and oxygen atoms in total. The Balaban J connectivity index is 2.09. The molecule has 2 aromatic rings. The van der Waals surface area contributed by atoms with E-state index in [1.807, 2.05) is 0 Å². The van der Waals surface area contributed by atoms with Crippen LogP contribution in [0.5, 0.6) is 0 Å². The fourth-order valence-corrected chi connectivity index (χ4v) is 3.70. The molecule has 96 valence electrons. The van der Waals surface area contributed by atoms with E-state index in [4.69, 9.17) is 4.98 Å². The van der Waals surface area contributed by atoms with Crippen molar-refractivity contribution in [1.82, 2.24) is 9.38 Å². The average Bonchev–Trinajstić information content (AvgIpc) is 2.68. The van der Waals surface area contributed by atoms with E-state index < -0.39 is 0 Å². The SMILES string of the molecule is CCCC1CCc2nc3c(C)cc(Br)cn3c2C1. The molecule has 1 unspecified atom stereocenters. The Kier molecular flexibility index (Phi) is 3.18. The van der Waals surface area contributed by atoms with Crippen molar-refractivity contribution in [1.29, 1.82) is 0 Å². The van der Waals surface area contributed by atoms with Gasteiger partial charge >= 0.3 is 0 Å². The Morgan fingerprint density at radius 3 is 3.11 bits per heavy atom. The first kappa shape index (κ1) is 12.2. The lowest BCUT2D eigenvalue weighted by Gasteiger charge is -2.21. The number of imidazole rings is 1. The van der Waals surface area contributed by atoms with Crippen molar-refractivity contribution in [3.63, 3.8) is 0 Å². The molecule has 0 N–H and O–H groups in total. The standard InChI is InChI=1S/C15H19BrN2/c1-3-4-11-5-6-13-14(8-11)18-9-12(16)7-10(2)15(18)17-13/h7,9,11H,3-6,8H2,1-2H3. The number of hydrogen-bond acceptors (Lipinski definition) is 1. The monoisotopic (exact) mass is 306 g/mol. The second-order valence-corrected chi connectivity index (χ2v) is 6.35. The molecule has 0 saturated carbocycles. The molecular formula is C15H19BrN2. The molecule has 0 amide bonds. The molecule has 0 saturated heterocycles. The molecule has 18 heavy (non-hydrogen) atoms. The van der Waals surface area contributed by atoms with Crippen molar-refractivity contribution in [3.8, 4) is 0 Å². The summed E-state index contributed by atoms with van der Waals surface area (Å²) in [6.45, 7) is 4.42. The summed E-state index contributed by atoms with van der Waals surface area (Å²) in [6, 6.07) is 2.15. The highest BCUT2D eigenvalue weighted by molar-refractivity contribution is 9.10. The zero-order valence-corrected chi connectivity index (χ0v) is 12.6. The smallest absolute Gasteiger partial charge is 0.140 e. The number of hydrogen-bond donors (Lipinski definition) is 0. The van der Waals surface area contributed by atoms with Gasteiger partial charge in [0, 0.05) is 16.4 Å². The van der Waals surface area contributed by atoms with E-state index in [9.17, 15) is 0 Å². The lowest BCUT2D eigenvalue weighted by molar-refractivity contribution is 0.414. The summed E-state index contributed by atoms with van der Waals surface area (Å²) in [4.78, 5) is 4.83. The molecule has 0 spiro atoms. The third kappa shape index (κ3) is 1.99. The highest BCUT2D eigenvalue weighted by atomic mass is 79.9. The number of aromatic nitrogens is 2. The maximum Gasteiger partial charge on any atom is 0.140 e. The van der Waals surface area contributed by atoms with Crippen LogP contribution in [-0.4, -0.2) is 9.38 Å². The highest BCUT2D eigenvalue weighted by Crippen LogP contribution is 2.30. The zero-order chi connectivity index (χ0) is 12.7. The van der Waals surface area contributed by atoms with Crippen LogP contribution in [0.15, 0.2) is 16.7 Å². The Morgan fingerprint density at radius 2 is 2.33 bits per heavy atom. The van der Waals surface area contributed by atoms with Crippen LogP contribution in [0.25, 0.3) is 5.65 Å². The minimum absolute atomic E-state index is 0.849. The molecule has 2 aromatic heterocycles. The van der Waals surface area contributed by atoms with Gasteiger partial charge in [-0.2, -0.15) is 0 Å². The van der Waals surface area contributed by atoms with Crippen molar-refractivity contribution >= 4 is 21.6 Å². The Bertz CT molecular complexity index is 586. The van der Waals surface area contributed by atoms with Crippen molar-refractivity contribution < 1.29 is 0 Å². The van der Waals surface area contributed by atoms with Gasteiger partial charge in [-0.1, -0.05) is 19.8 Å². The first-order chi connectivity index (χ1) is 8.69. The van der Waals surface area contributed by atoms with Gasteiger partial charge in [0.2, 0.25) is 0 Å². The van der Waals surface area contributed by atoms with Crippen LogP contribution in [0.3, 0.4) is 0 Å². The molecule has 0 bridgehead atoms. The van der Waals surface area contributed by atoms with E-state index in [2.05, 4.69) is 46.4 Å². The Morgan fingerprint density at radius 1 is 1.50 bits per heavy atom. The second kappa shape index (κ2) is 4.69. The third-order valence-electron chi connectivity index (χ3n) is 4.02. The average molecular weight is 307 g/mol. The minimum atomic E-state index is 0.849. The largest absolute Gasteiger partial charge is 0.302 e. The van der Waals surface area contributed by atoms with Gasteiger partial charge in [-0.05, 0) is 59.7 Å². The summed E-state index contributed by atoms with van der Waals surface area (Å²) in [6.07, 6.45) is 8.46. The highest BCUT2D eigenvalue weighted by Gasteiger charge is 2.23. The summed E-state index contributed by atoms with van der Waals surface area (Å²) in [5.41, 5.74) is 5.16. The third-order valence-corrected chi connectivity index (χ3v) is 4.45. The van der Waals surface area contributed by atoms with E-state index in [0.29, 0.717) is 0 Å². The predicted octanol–water partition coefficient (Wildman–Crippen LogP) is 4.31. The normalized spacial score (nSPS) is 19.2. The summed E-state index contributed by atoms with van der Waals surface area (Å²) in [5.74, 6) is 0.849. The van der Waals surface area contributed by atoms with Crippen molar-refractivity contribution in [2.75, 3.05) is 0 Å². The number of fused-ring (bicyclic) bond motifs is 3. The van der Waals surface area contributed by atoms with Crippen LogP contribution in [0.1, 0.15) is 43.1 Å². The van der Waals surface area contributed by atoms with Crippen molar-refractivity contribution in [2.24, 2.45) is 5.92 Å². The number of pyridine rings is 1. The number of halogens is 1. The summed E-state index contributed by atoms with van der Waals surface area (Å²) < 4.78 is 3.45. The maximum atomic E-state index is 4.83. The van der Waals surface area contributed by atoms with Gasteiger partial charge in [-0.25, -0.2) is 4.98 Å². The summed E-state index contributed by atoms with van der Waals surface area (Å²) in [7, 11) is 0. The molecule has 2 heterocycles. The Hall–Kier alpha value is -0.830. The number of rotatable bonds is 2. The molecule has 0 aromatic carbocycles. The van der Waals surface area contributed by atoms with E-state index in [0.717, 1.165) is 22.5 Å². The topological polar surface area (TPSA) is 17.3 Å². The fraction of sp³-hybridized carbons (Fsp3) is 0.533. The molecule has 3 rings (SSSR count). The van der Waals surface area contributed by atoms with Gasteiger partial charge in [0.05, 0.1) is 5.69 Å². The quantitative estimate of drug-likeness (QED) is 0.808. The molecule has 3 heteroatoms. The summed E-state index contributed by atoms with van der Waals surface area (Å²) >= 11 is 3.59. The lowest BCUT2D eigenvalue weighted by atomic mass is 9.87. The second-order valence-electron chi connectivity index (χ2n) is 5.44. The van der Waals surface area contributed by atoms with Crippen LogP contribution in [-0.2, 0) is 12.8 Å². The van der Waals surface area contributed by atoms with E-state index in [1.165, 1.54) is 42.6 Å². The number of aryl methyl sites for hydroxylation is 2. The van der Waals surface area contributed by atoms with Gasteiger partial charge in [-0.3, -0.25) is 0 Å². The molecule has 0 aliphatic heterocycles. The van der Waals surface area contributed by atoms with Crippen LogP contribution in [0, 0.1) is 12.8 Å². The van der Waals surface area contributed by atoms with Crippen LogP contribution >= 0.6 is 15.9 Å². The van der Waals surface area contributed by atoms with Crippen LogP contribution in [0.2, 0.25) is 0 Å². The first-order valence-corrected chi connectivity index (χ1v) is 7.64. The van der Waals surface area contributed by atoms with E-state index in [1.54, 1.807) is 0 Å². The molecule has 1 aliphatic carbocycles. The maximum absolute atomic E-state index is 4.83. The van der Waals surface area contributed by atoms with E-state index >= 15 is 0 Å².